The molecular formula is C21H25N5O2. The van der Waals surface area contributed by atoms with E-state index in [2.05, 4.69) is 41.0 Å². The Hall–Kier alpha value is -2.83. The molecule has 0 bridgehead atoms. The number of anilines is 1. The molecule has 0 saturated carbocycles. The first-order valence-electron chi connectivity index (χ1n) is 9.96. The largest absolute Gasteiger partial charge is 0.493 e. The number of nitrogens with zero attached hydrogens (tertiary/aromatic N) is 5. The number of aryl methyl sites for hydroxylation is 2. The van der Waals surface area contributed by atoms with Crippen molar-refractivity contribution in [2.75, 3.05) is 24.6 Å². The number of aromatic nitrogens is 4. The number of fused-ring (bicyclic) bond motifs is 2. The number of hydrogen-bond donors (Lipinski definition) is 0. The van der Waals surface area contributed by atoms with Gasteiger partial charge in [0.1, 0.15) is 23.4 Å². The minimum atomic E-state index is 0.217. The lowest BCUT2D eigenvalue weighted by molar-refractivity contribution is 0.170. The summed E-state index contributed by atoms with van der Waals surface area (Å²) in [6.45, 7) is 8.72. The summed E-state index contributed by atoms with van der Waals surface area (Å²) in [6, 6.07) is 6.22. The molecule has 28 heavy (non-hydrogen) atoms. The van der Waals surface area contributed by atoms with Crippen LogP contribution in [0.1, 0.15) is 35.4 Å². The molecule has 0 radical (unpaired) electrons. The summed E-state index contributed by atoms with van der Waals surface area (Å²) >= 11 is 0. The summed E-state index contributed by atoms with van der Waals surface area (Å²) in [6.07, 6.45) is 3.14. The topological polar surface area (TPSA) is 64.8 Å². The summed E-state index contributed by atoms with van der Waals surface area (Å²) in [5.74, 6) is 3.63. The Morgan fingerprint density at radius 3 is 2.71 bits per heavy atom. The third-order valence-electron chi connectivity index (χ3n) is 5.83. The number of piperidine rings is 1. The molecule has 2 aliphatic heterocycles. The quantitative estimate of drug-likeness (QED) is 0.697. The van der Waals surface area contributed by atoms with Crippen LogP contribution in [0.3, 0.4) is 0 Å². The molecule has 7 heteroatoms. The van der Waals surface area contributed by atoms with Crippen molar-refractivity contribution in [3.8, 4) is 11.5 Å². The molecule has 0 spiro atoms. The molecule has 1 aromatic carbocycles. The van der Waals surface area contributed by atoms with Crippen LogP contribution in [-0.4, -0.2) is 45.6 Å². The molecule has 5 rings (SSSR count). The van der Waals surface area contributed by atoms with Gasteiger partial charge in [-0.05, 0) is 32.4 Å². The van der Waals surface area contributed by atoms with Gasteiger partial charge in [-0.15, -0.1) is 14.8 Å². The Bertz CT molecular complexity index is 1040. The third kappa shape index (κ3) is 2.95. The zero-order valence-electron chi connectivity index (χ0n) is 16.6. The van der Waals surface area contributed by atoms with Gasteiger partial charge in [0.15, 0.2) is 11.5 Å². The third-order valence-corrected chi connectivity index (χ3v) is 5.83. The molecule has 0 N–H and O–H groups in total. The van der Waals surface area contributed by atoms with E-state index in [9.17, 15) is 0 Å². The van der Waals surface area contributed by atoms with E-state index in [0.717, 1.165) is 73.3 Å². The highest BCUT2D eigenvalue weighted by atomic mass is 16.5. The smallest absolute Gasteiger partial charge is 0.179 e. The summed E-state index contributed by atoms with van der Waals surface area (Å²) in [5.41, 5.74) is 4.44. The number of ether oxygens (including phenoxy) is 2. The van der Waals surface area contributed by atoms with Crippen LogP contribution in [0.2, 0.25) is 0 Å². The van der Waals surface area contributed by atoms with Gasteiger partial charge in [0.25, 0.3) is 0 Å². The van der Waals surface area contributed by atoms with Crippen LogP contribution in [0.4, 0.5) is 5.82 Å². The Morgan fingerprint density at radius 2 is 1.89 bits per heavy atom. The molecule has 3 aromatic rings. The molecule has 0 aliphatic carbocycles. The van der Waals surface area contributed by atoms with Crippen molar-refractivity contribution in [2.45, 2.75) is 46.1 Å². The highest BCUT2D eigenvalue weighted by Gasteiger charge is 2.25. The van der Waals surface area contributed by atoms with E-state index < -0.39 is 0 Å². The number of benzene rings is 1. The standard InChI is InChI=1S/C21H25N5O2/c1-13-14(2)21(24-26-20(13)22-15(3)23-26)25-9-6-17(7-10-25)28-18-5-4-16-8-11-27-19(16)12-18/h4-5,12,17H,6-11H2,1-3H3. The fourth-order valence-corrected chi connectivity index (χ4v) is 4.11. The summed E-state index contributed by atoms with van der Waals surface area (Å²) in [7, 11) is 0. The van der Waals surface area contributed by atoms with E-state index in [1.54, 1.807) is 4.63 Å². The molecule has 0 unspecified atom stereocenters. The van der Waals surface area contributed by atoms with Crippen LogP contribution >= 0.6 is 0 Å². The van der Waals surface area contributed by atoms with Gasteiger partial charge < -0.3 is 14.4 Å². The predicted molar refractivity (Wildman–Crippen MR) is 106 cm³/mol. The molecule has 146 valence electrons. The van der Waals surface area contributed by atoms with Gasteiger partial charge in [-0.3, -0.25) is 0 Å². The maximum absolute atomic E-state index is 6.24. The van der Waals surface area contributed by atoms with Crippen LogP contribution in [0.15, 0.2) is 18.2 Å². The van der Waals surface area contributed by atoms with E-state index in [-0.39, 0.29) is 6.10 Å². The van der Waals surface area contributed by atoms with Crippen molar-refractivity contribution in [1.29, 1.82) is 0 Å². The van der Waals surface area contributed by atoms with Crippen LogP contribution < -0.4 is 14.4 Å². The minimum Gasteiger partial charge on any atom is -0.493 e. The van der Waals surface area contributed by atoms with Crippen LogP contribution in [0, 0.1) is 20.8 Å². The minimum absolute atomic E-state index is 0.217. The predicted octanol–water partition coefficient (Wildman–Crippen LogP) is 3.03. The Morgan fingerprint density at radius 1 is 1.07 bits per heavy atom. The average Bonchev–Trinajstić information content (AvgIpc) is 3.31. The van der Waals surface area contributed by atoms with Gasteiger partial charge in [-0.2, -0.15) is 0 Å². The molecule has 2 aliphatic rings. The molecular weight excluding hydrogens is 354 g/mol. The zero-order chi connectivity index (χ0) is 19.3. The van der Waals surface area contributed by atoms with E-state index in [1.165, 1.54) is 11.1 Å². The maximum Gasteiger partial charge on any atom is 0.179 e. The highest BCUT2D eigenvalue weighted by molar-refractivity contribution is 5.59. The van der Waals surface area contributed by atoms with Crippen LogP contribution in [0.5, 0.6) is 11.5 Å². The molecule has 0 atom stereocenters. The molecule has 1 saturated heterocycles. The van der Waals surface area contributed by atoms with Gasteiger partial charge in [-0.25, -0.2) is 4.98 Å². The summed E-state index contributed by atoms with van der Waals surface area (Å²) in [5, 5.41) is 9.14. The number of hydrogen-bond acceptors (Lipinski definition) is 6. The second kappa shape index (κ2) is 6.65. The molecule has 0 amide bonds. The van der Waals surface area contributed by atoms with Crippen LogP contribution in [0.25, 0.3) is 5.65 Å². The lowest BCUT2D eigenvalue weighted by atomic mass is 10.1. The van der Waals surface area contributed by atoms with Crippen molar-refractivity contribution in [3.63, 3.8) is 0 Å². The Balaban J connectivity index is 1.29. The summed E-state index contributed by atoms with van der Waals surface area (Å²) < 4.78 is 13.6. The monoisotopic (exact) mass is 379 g/mol. The van der Waals surface area contributed by atoms with Gasteiger partial charge >= 0.3 is 0 Å². The SMILES string of the molecule is Cc1nc2c(C)c(C)c(N3CCC(Oc4ccc5c(c4)OCC5)CC3)nn2n1. The van der Waals surface area contributed by atoms with Crippen molar-refractivity contribution >= 4 is 11.5 Å². The average molecular weight is 379 g/mol. The summed E-state index contributed by atoms with van der Waals surface area (Å²) in [4.78, 5) is 6.82. The fourth-order valence-electron chi connectivity index (χ4n) is 4.11. The second-order valence-corrected chi connectivity index (χ2v) is 7.72. The Kier molecular flexibility index (Phi) is 4.10. The molecule has 7 nitrogen and oxygen atoms in total. The number of rotatable bonds is 3. The molecule has 4 heterocycles. The lowest BCUT2D eigenvalue weighted by Gasteiger charge is -2.33. The van der Waals surface area contributed by atoms with E-state index in [0.29, 0.717) is 0 Å². The van der Waals surface area contributed by atoms with Gasteiger partial charge in [0.05, 0.1) is 6.61 Å². The van der Waals surface area contributed by atoms with E-state index in [4.69, 9.17) is 14.6 Å². The first-order chi connectivity index (χ1) is 13.6. The van der Waals surface area contributed by atoms with E-state index in [1.807, 2.05) is 13.0 Å². The van der Waals surface area contributed by atoms with Crippen LogP contribution in [-0.2, 0) is 6.42 Å². The van der Waals surface area contributed by atoms with Crippen molar-refractivity contribution in [2.24, 2.45) is 0 Å². The first kappa shape index (κ1) is 17.3. The molecule has 2 aromatic heterocycles. The Labute approximate surface area is 164 Å². The first-order valence-corrected chi connectivity index (χ1v) is 9.96. The fraction of sp³-hybridized carbons (Fsp3) is 0.476. The van der Waals surface area contributed by atoms with Gasteiger partial charge in [0, 0.05) is 49.5 Å². The zero-order valence-corrected chi connectivity index (χ0v) is 16.6. The van der Waals surface area contributed by atoms with Gasteiger partial charge in [-0.1, -0.05) is 6.07 Å². The van der Waals surface area contributed by atoms with Crippen molar-refractivity contribution in [3.05, 3.63) is 40.7 Å². The normalized spacial score (nSPS) is 17.0. The lowest BCUT2D eigenvalue weighted by Crippen LogP contribution is -2.39. The van der Waals surface area contributed by atoms with E-state index >= 15 is 0 Å². The maximum atomic E-state index is 6.24. The van der Waals surface area contributed by atoms with Crippen molar-refractivity contribution < 1.29 is 9.47 Å². The highest BCUT2D eigenvalue weighted by Crippen LogP contribution is 2.31. The van der Waals surface area contributed by atoms with Crippen molar-refractivity contribution in [1.82, 2.24) is 19.8 Å². The molecule has 1 fully saturated rings. The van der Waals surface area contributed by atoms with Gasteiger partial charge in [0.2, 0.25) is 0 Å². The second-order valence-electron chi connectivity index (χ2n) is 7.72.